The van der Waals surface area contributed by atoms with E-state index >= 15 is 0 Å². The zero-order valence-corrected chi connectivity index (χ0v) is 13.3. The normalized spacial score (nSPS) is 31.2. The van der Waals surface area contributed by atoms with Crippen LogP contribution in [0.2, 0.25) is 0 Å². The van der Waals surface area contributed by atoms with E-state index in [9.17, 15) is 0 Å². The van der Waals surface area contributed by atoms with Crippen LogP contribution in [-0.2, 0) is 13.0 Å². The van der Waals surface area contributed by atoms with Crippen molar-refractivity contribution >= 4 is 12.4 Å². The number of fused-ring (bicyclic) bond motifs is 2. The molecule has 0 aromatic heterocycles. The van der Waals surface area contributed by atoms with E-state index in [-0.39, 0.29) is 12.4 Å². The fraction of sp³-hybridized carbons (Fsp3) is 0.647. The number of halogens is 1. The highest BCUT2D eigenvalue weighted by Crippen LogP contribution is 2.36. The molecule has 1 aromatic rings. The van der Waals surface area contributed by atoms with Gasteiger partial charge in [0.15, 0.2) is 0 Å². The minimum absolute atomic E-state index is 0. The first kappa shape index (κ1) is 15.1. The third kappa shape index (κ3) is 2.92. The molecule has 1 saturated carbocycles. The summed E-state index contributed by atoms with van der Waals surface area (Å²) in [7, 11) is 0. The van der Waals surface area contributed by atoms with Gasteiger partial charge in [0, 0.05) is 32.1 Å². The van der Waals surface area contributed by atoms with Gasteiger partial charge in [0.1, 0.15) is 5.75 Å². The largest absolute Gasteiger partial charge is 0.493 e. The third-order valence-electron chi connectivity index (χ3n) is 5.39. The Morgan fingerprint density at radius 1 is 1.24 bits per heavy atom. The summed E-state index contributed by atoms with van der Waals surface area (Å²) < 4.78 is 5.58. The summed E-state index contributed by atoms with van der Waals surface area (Å²) in [6.07, 6.45) is 5.00. The summed E-state index contributed by atoms with van der Waals surface area (Å²) in [6.45, 7) is 4.36. The number of nitrogens with zero attached hydrogens (tertiary/aromatic N) is 1. The predicted molar refractivity (Wildman–Crippen MR) is 87.0 cm³/mol. The van der Waals surface area contributed by atoms with Crippen LogP contribution in [0.1, 0.15) is 30.4 Å². The molecular formula is C17H25ClN2O. The lowest BCUT2D eigenvalue weighted by Crippen LogP contribution is -2.38. The molecule has 2 heterocycles. The van der Waals surface area contributed by atoms with Crippen LogP contribution in [0.4, 0.5) is 0 Å². The Bertz CT molecular complexity index is 508. The lowest BCUT2D eigenvalue weighted by atomic mass is 9.78. The van der Waals surface area contributed by atoms with Crippen LogP contribution in [0, 0.1) is 11.8 Å². The first-order chi connectivity index (χ1) is 9.79. The molecular weight excluding hydrogens is 284 g/mol. The van der Waals surface area contributed by atoms with Gasteiger partial charge in [-0.15, -0.1) is 12.4 Å². The van der Waals surface area contributed by atoms with Gasteiger partial charge in [-0.3, -0.25) is 4.90 Å². The summed E-state index contributed by atoms with van der Waals surface area (Å²) in [5, 5.41) is 0. The molecule has 3 atom stereocenters. The Morgan fingerprint density at radius 2 is 2.14 bits per heavy atom. The van der Waals surface area contributed by atoms with Crippen molar-refractivity contribution in [1.29, 1.82) is 0 Å². The maximum atomic E-state index is 6.31. The van der Waals surface area contributed by atoms with Crippen molar-refractivity contribution in [3.63, 3.8) is 0 Å². The smallest absolute Gasteiger partial charge is 0.122 e. The molecule has 1 aromatic carbocycles. The number of rotatable bonds is 2. The van der Waals surface area contributed by atoms with Gasteiger partial charge in [0.25, 0.3) is 0 Å². The van der Waals surface area contributed by atoms with Crippen molar-refractivity contribution < 1.29 is 4.74 Å². The molecule has 3 unspecified atom stereocenters. The maximum Gasteiger partial charge on any atom is 0.122 e. The van der Waals surface area contributed by atoms with Crippen molar-refractivity contribution in [3.05, 3.63) is 29.3 Å². The Labute approximate surface area is 133 Å². The van der Waals surface area contributed by atoms with E-state index in [0.717, 1.165) is 37.2 Å². The molecule has 3 aliphatic rings. The molecule has 2 fully saturated rings. The van der Waals surface area contributed by atoms with Gasteiger partial charge in [0.05, 0.1) is 6.61 Å². The van der Waals surface area contributed by atoms with Crippen LogP contribution in [0.15, 0.2) is 18.2 Å². The second-order valence-electron chi connectivity index (χ2n) is 6.75. The molecule has 1 saturated heterocycles. The van der Waals surface area contributed by atoms with E-state index in [1.54, 1.807) is 0 Å². The summed E-state index contributed by atoms with van der Waals surface area (Å²) in [5.74, 6) is 2.67. The molecule has 0 amide bonds. The van der Waals surface area contributed by atoms with E-state index < -0.39 is 0 Å². The molecule has 0 bridgehead atoms. The Hall–Kier alpha value is -0.770. The maximum absolute atomic E-state index is 6.31. The van der Waals surface area contributed by atoms with Gasteiger partial charge in [0.2, 0.25) is 0 Å². The zero-order valence-electron chi connectivity index (χ0n) is 12.5. The molecule has 0 radical (unpaired) electrons. The minimum atomic E-state index is 0. The predicted octanol–water partition coefficient (Wildman–Crippen LogP) is 2.60. The van der Waals surface area contributed by atoms with Crippen molar-refractivity contribution in [2.24, 2.45) is 17.6 Å². The van der Waals surface area contributed by atoms with Crippen molar-refractivity contribution in [3.8, 4) is 5.75 Å². The molecule has 1 aliphatic carbocycles. The highest BCUT2D eigenvalue weighted by atomic mass is 35.5. The Morgan fingerprint density at radius 3 is 3.00 bits per heavy atom. The van der Waals surface area contributed by atoms with E-state index in [4.69, 9.17) is 10.5 Å². The number of hydrogen-bond acceptors (Lipinski definition) is 3. The van der Waals surface area contributed by atoms with E-state index in [1.807, 2.05) is 0 Å². The molecule has 116 valence electrons. The number of ether oxygens (including phenoxy) is 1. The van der Waals surface area contributed by atoms with E-state index in [1.165, 1.54) is 43.5 Å². The number of nitrogens with two attached hydrogens (primary N) is 1. The standard InChI is InChI=1S/C17H24N2O.ClH/c18-16-3-1-2-14-10-19(11-15(14)16)9-12-4-5-17-13(8-12)6-7-20-17;/h4-5,8,14-16H,1-3,6-7,9-11,18H2;1H. The van der Waals surface area contributed by atoms with Gasteiger partial charge in [-0.25, -0.2) is 0 Å². The topological polar surface area (TPSA) is 38.5 Å². The molecule has 0 spiro atoms. The van der Waals surface area contributed by atoms with Crippen molar-refractivity contribution in [2.45, 2.75) is 38.3 Å². The average molecular weight is 309 g/mol. The van der Waals surface area contributed by atoms with Crippen LogP contribution in [0.5, 0.6) is 5.75 Å². The SMILES string of the molecule is Cl.NC1CCCC2CN(Cc3ccc4c(c3)CCO4)CC12. The van der Waals surface area contributed by atoms with Gasteiger partial charge in [-0.2, -0.15) is 0 Å². The van der Waals surface area contributed by atoms with E-state index in [0.29, 0.717) is 6.04 Å². The van der Waals surface area contributed by atoms with Gasteiger partial charge in [-0.05, 0) is 41.9 Å². The van der Waals surface area contributed by atoms with Crippen molar-refractivity contribution in [2.75, 3.05) is 19.7 Å². The van der Waals surface area contributed by atoms with Gasteiger partial charge >= 0.3 is 0 Å². The zero-order chi connectivity index (χ0) is 13.5. The van der Waals surface area contributed by atoms with Gasteiger partial charge < -0.3 is 10.5 Å². The Kier molecular flexibility index (Phi) is 4.43. The molecule has 2 aliphatic heterocycles. The lowest BCUT2D eigenvalue weighted by molar-refractivity contribution is 0.259. The lowest BCUT2D eigenvalue weighted by Gasteiger charge is -2.29. The monoisotopic (exact) mass is 308 g/mol. The molecule has 4 rings (SSSR count). The first-order valence-corrected chi connectivity index (χ1v) is 8.02. The molecule has 2 N–H and O–H groups in total. The highest BCUT2D eigenvalue weighted by molar-refractivity contribution is 5.85. The number of hydrogen-bond donors (Lipinski definition) is 1. The summed E-state index contributed by atoms with van der Waals surface area (Å²) in [6, 6.07) is 7.15. The Balaban J connectivity index is 0.00000132. The van der Waals surface area contributed by atoms with Crippen LogP contribution in [-0.4, -0.2) is 30.6 Å². The fourth-order valence-corrected chi connectivity index (χ4v) is 4.33. The number of benzene rings is 1. The van der Waals surface area contributed by atoms with Crippen LogP contribution in [0.3, 0.4) is 0 Å². The molecule has 21 heavy (non-hydrogen) atoms. The van der Waals surface area contributed by atoms with E-state index in [2.05, 4.69) is 23.1 Å². The average Bonchev–Trinajstić information content (AvgIpc) is 3.05. The second-order valence-corrected chi connectivity index (χ2v) is 6.75. The summed E-state index contributed by atoms with van der Waals surface area (Å²) in [4.78, 5) is 2.61. The quantitative estimate of drug-likeness (QED) is 0.913. The van der Waals surface area contributed by atoms with Crippen LogP contribution in [0.25, 0.3) is 0 Å². The molecule has 3 nitrogen and oxygen atoms in total. The fourth-order valence-electron chi connectivity index (χ4n) is 4.33. The van der Waals surface area contributed by atoms with Crippen molar-refractivity contribution in [1.82, 2.24) is 4.90 Å². The van der Waals surface area contributed by atoms with Crippen LogP contribution >= 0.6 is 12.4 Å². The second kappa shape index (κ2) is 6.15. The summed E-state index contributed by atoms with van der Waals surface area (Å²) >= 11 is 0. The first-order valence-electron chi connectivity index (χ1n) is 8.02. The van der Waals surface area contributed by atoms with Crippen LogP contribution < -0.4 is 10.5 Å². The third-order valence-corrected chi connectivity index (χ3v) is 5.39. The number of likely N-dealkylation sites (tertiary alicyclic amines) is 1. The minimum Gasteiger partial charge on any atom is -0.493 e. The van der Waals surface area contributed by atoms with Gasteiger partial charge in [-0.1, -0.05) is 18.6 Å². The molecule has 4 heteroatoms. The highest BCUT2D eigenvalue weighted by Gasteiger charge is 2.38. The summed E-state index contributed by atoms with van der Waals surface area (Å²) in [5.41, 5.74) is 9.12.